The third-order valence-electron chi connectivity index (χ3n) is 4.51. The van der Waals surface area contributed by atoms with Gasteiger partial charge < -0.3 is 4.90 Å². The molecular weight excluding hydrogens is 334 g/mol. The summed E-state index contributed by atoms with van der Waals surface area (Å²) < 4.78 is 0. The summed E-state index contributed by atoms with van der Waals surface area (Å²) in [5.74, 6) is -0.954. The maximum Gasteiger partial charge on any atom is 0.282 e. The Hall–Kier alpha value is -2.74. The molecule has 0 saturated heterocycles. The topological polar surface area (TPSA) is 82.1 Å². The molecule has 26 heavy (non-hydrogen) atoms. The molecule has 0 fully saturated rings. The zero-order valence-electron chi connectivity index (χ0n) is 14.7. The van der Waals surface area contributed by atoms with E-state index in [2.05, 4.69) is 18.0 Å². The van der Waals surface area contributed by atoms with Crippen molar-refractivity contribution in [3.8, 4) is 0 Å². The first kappa shape index (κ1) is 18.1. The van der Waals surface area contributed by atoms with Crippen LogP contribution in [0, 0.1) is 0 Å². The third kappa shape index (κ3) is 3.45. The number of nitrogens with zero attached hydrogens (tertiary/aromatic N) is 2. The molecule has 0 unspecified atom stereocenters. The van der Waals surface area contributed by atoms with E-state index in [0.717, 1.165) is 30.8 Å². The number of benzene rings is 2. The molecule has 7 heteroatoms. The number of anilines is 1. The summed E-state index contributed by atoms with van der Waals surface area (Å²) in [5, 5.41) is 9.96. The van der Waals surface area contributed by atoms with Crippen LogP contribution in [0.2, 0.25) is 0 Å². The smallest absolute Gasteiger partial charge is 0.282 e. The number of nitrogens with one attached hydrogen (secondary N) is 1. The van der Waals surface area contributed by atoms with Gasteiger partial charge in [-0.2, -0.15) is 5.06 Å². The normalized spacial score (nSPS) is 13.8. The van der Waals surface area contributed by atoms with Crippen LogP contribution in [0.4, 0.5) is 5.69 Å². The number of hydrogen-bond donors (Lipinski definition) is 2. The number of carbonyl (C=O) groups is 2. The van der Waals surface area contributed by atoms with Gasteiger partial charge >= 0.3 is 0 Å². The Morgan fingerprint density at radius 3 is 2.50 bits per heavy atom. The Kier molecular flexibility index (Phi) is 5.32. The molecule has 0 saturated carbocycles. The molecule has 2 amide bonds. The van der Waals surface area contributed by atoms with Crippen LogP contribution in [0.15, 0.2) is 42.5 Å². The molecule has 1 aliphatic heterocycles. The predicted molar refractivity (Wildman–Crippen MR) is 96.0 cm³/mol. The number of amides is 2. The molecule has 7 nitrogen and oxygen atoms in total. The largest absolute Gasteiger partial charge is 0.302 e. The molecule has 1 aliphatic rings. The van der Waals surface area contributed by atoms with Crippen molar-refractivity contribution in [2.75, 3.05) is 25.8 Å². The van der Waals surface area contributed by atoms with Crippen LogP contribution in [-0.4, -0.2) is 42.6 Å². The van der Waals surface area contributed by atoms with Gasteiger partial charge in [0.15, 0.2) is 0 Å². The Labute approximate surface area is 151 Å². The average Bonchev–Trinajstić information content (AvgIpc) is 2.67. The molecule has 2 aromatic carbocycles. The van der Waals surface area contributed by atoms with Crippen molar-refractivity contribution in [3.63, 3.8) is 0 Å². The van der Waals surface area contributed by atoms with Gasteiger partial charge in [0.05, 0.1) is 12.8 Å². The Bertz CT molecular complexity index is 820. The fourth-order valence-electron chi connectivity index (χ4n) is 3.16. The number of fused-ring (bicyclic) bond motifs is 1. The van der Waals surface area contributed by atoms with Gasteiger partial charge in [0.1, 0.15) is 0 Å². The van der Waals surface area contributed by atoms with E-state index in [1.807, 2.05) is 12.1 Å². The summed E-state index contributed by atoms with van der Waals surface area (Å²) in [4.78, 5) is 32.0. The molecule has 0 aromatic heterocycles. The first-order chi connectivity index (χ1) is 12.5. The average molecular weight is 355 g/mol. The first-order valence-electron chi connectivity index (χ1n) is 8.27. The molecule has 0 radical (unpaired) electrons. The van der Waals surface area contributed by atoms with E-state index in [1.54, 1.807) is 5.48 Å². The van der Waals surface area contributed by atoms with Crippen LogP contribution in [0.1, 0.15) is 31.8 Å². The predicted octanol–water partition coefficient (Wildman–Crippen LogP) is 2.00. The van der Waals surface area contributed by atoms with Gasteiger partial charge in [-0.15, -0.1) is 0 Å². The van der Waals surface area contributed by atoms with Crippen molar-refractivity contribution in [1.29, 1.82) is 0 Å². The minimum Gasteiger partial charge on any atom is -0.302 e. The van der Waals surface area contributed by atoms with E-state index < -0.39 is 5.91 Å². The molecule has 2 N–H and O–H groups in total. The van der Waals surface area contributed by atoms with Crippen molar-refractivity contribution in [3.05, 3.63) is 64.7 Å². The Balaban J connectivity index is 1.91. The Morgan fingerprint density at radius 2 is 1.85 bits per heavy atom. The van der Waals surface area contributed by atoms with E-state index in [1.165, 1.54) is 42.0 Å². The summed E-state index contributed by atoms with van der Waals surface area (Å²) in [6.07, 6.45) is 0.838. The van der Waals surface area contributed by atoms with Gasteiger partial charge in [0.2, 0.25) is 0 Å². The van der Waals surface area contributed by atoms with Gasteiger partial charge in [-0.3, -0.25) is 19.6 Å². The van der Waals surface area contributed by atoms with Gasteiger partial charge in [-0.05, 0) is 54.9 Å². The monoisotopic (exact) mass is 355 g/mol. The van der Waals surface area contributed by atoms with Crippen LogP contribution in [0.5, 0.6) is 0 Å². The summed E-state index contributed by atoms with van der Waals surface area (Å²) in [5.41, 5.74) is 5.23. The second kappa shape index (κ2) is 7.65. The number of likely N-dealkylation sites (N-methyl/N-ethyl adjacent to an activating group) is 1. The summed E-state index contributed by atoms with van der Waals surface area (Å²) in [6.45, 7) is 1.75. The van der Waals surface area contributed by atoms with E-state index in [4.69, 9.17) is 10.0 Å². The van der Waals surface area contributed by atoms with Crippen molar-refractivity contribution in [2.45, 2.75) is 13.0 Å². The fourth-order valence-corrected chi connectivity index (χ4v) is 3.16. The number of hydrogen-bond acceptors (Lipinski definition) is 5. The molecule has 0 spiro atoms. The summed E-state index contributed by atoms with van der Waals surface area (Å²) in [7, 11) is 3.53. The zero-order valence-corrected chi connectivity index (χ0v) is 14.7. The molecular formula is C19H21N3O4. The first-order valence-corrected chi connectivity index (χ1v) is 8.27. The molecule has 2 aromatic rings. The van der Waals surface area contributed by atoms with E-state index in [0.29, 0.717) is 5.56 Å². The zero-order chi connectivity index (χ0) is 18.7. The summed E-state index contributed by atoms with van der Waals surface area (Å²) >= 11 is 0. The van der Waals surface area contributed by atoms with Gasteiger partial charge in [0.25, 0.3) is 11.8 Å². The summed E-state index contributed by atoms with van der Waals surface area (Å²) in [6, 6.07) is 11.9. The van der Waals surface area contributed by atoms with Crippen LogP contribution < -0.4 is 10.5 Å². The molecule has 136 valence electrons. The van der Waals surface area contributed by atoms with Crippen molar-refractivity contribution >= 4 is 17.5 Å². The third-order valence-corrected chi connectivity index (χ3v) is 4.51. The standard InChI is InChI=1S/C19H21N3O4/c1-21-11-10-16-15(12-21)4-3-5-17(16)22(26-2)19(24)14-8-6-13(7-9-14)18(23)20-25/h3-9,25H,10-12H2,1-2H3,(H,20,23). The van der Waals surface area contributed by atoms with E-state index in [-0.39, 0.29) is 11.5 Å². The highest BCUT2D eigenvalue weighted by molar-refractivity contribution is 6.05. The minimum atomic E-state index is -0.631. The molecule has 1 heterocycles. The van der Waals surface area contributed by atoms with E-state index >= 15 is 0 Å². The molecule has 3 rings (SSSR count). The number of hydroxylamine groups is 2. The lowest BCUT2D eigenvalue weighted by Gasteiger charge is -2.30. The lowest BCUT2D eigenvalue weighted by molar-refractivity contribution is 0.0705. The van der Waals surface area contributed by atoms with Crippen molar-refractivity contribution in [2.24, 2.45) is 0 Å². The van der Waals surface area contributed by atoms with Gasteiger partial charge in [-0.1, -0.05) is 12.1 Å². The molecule has 0 bridgehead atoms. The fraction of sp³-hybridized carbons (Fsp3) is 0.263. The number of rotatable bonds is 4. The number of carbonyl (C=O) groups excluding carboxylic acids is 2. The van der Waals surface area contributed by atoms with Crippen LogP contribution in [-0.2, 0) is 17.8 Å². The SMILES string of the molecule is CON(C(=O)c1ccc(C(=O)NO)cc1)c1cccc2c1CCN(C)C2. The lowest BCUT2D eigenvalue weighted by Crippen LogP contribution is -2.33. The second-order valence-electron chi connectivity index (χ2n) is 6.20. The molecule has 0 aliphatic carbocycles. The quantitative estimate of drug-likeness (QED) is 0.648. The minimum absolute atomic E-state index is 0.258. The highest BCUT2D eigenvalue weighted by Gasteiger charge is 2.24. The van der Waals surface area contributed by atoms with Crippen molar-refractivity contribution in [1.82, 2.24) is 10.4 Å². The maximum absolute atomic E-state index is 12.9. The highest BCUT2D eigenvalue weighted by atomic mass is 16.7. The van der Waals surface area contributed by atoms with Crippen LogP contribution in [0.3, 0.4) is 0 Å². The van der Waals surface area contributed by atoms with Gasteiger partial charge in [-0.25, -0.2) is 5.48 Å². The molecule has 0 atom stereocenters. The Morgan fingerprint density at radius 1 is 1.15 bits per heavy atom. The maximum atomic E-state index is 12.9. The lowest BCUT2D eigenvalue weighted by atomic mass is 9.97. The van der Waals surface area contributed by atoms with Gasteiger partial charge in [0, 0.05) is 24.2 Å². The highest BCUT2D eigenvalue weighted by Crippen LogP contribution is 2.29. The van der Waals surface area contributed by atoms with Crippen molar-refractivity contribution < 1.29 is 19.6 Å². The van der Waals surface area contributed by atoms with Crippen LogP contribution in [0.25, 0.3) is 0 Å². The second-order valence-corrected chi connectivity index (χ2v) is 6.20. The van der Waals surface area contributed by atoms with Crippen LogP contribution >= 0.6 is 0 Å². The van der Waals surface area contributed by atoms with E-state index in [9.17, 15) is 9.59 Å².